The number of benzene rings is 4. The first-order valence-electron chi connectivity index (χ1n) is 10.7. The molecule has 4 aromatic carbocycles. The fourth-order valence-electron chi connectivity index (χ4n) is 4.42. The van der Waals surface area contributed by atoms with E-state index in [4.69, 9.17) is 0 Å². The molecule has 0 radical (unpaired) electrons. The lowest BCUT2D eigenvalue weighted by Crippen LogP contribution is -2.46. The van der Waals surface area contributed by atoms with Crippen LogP contribution in [0, 0.1) is 0 Å². The molecule has 0 spiro atoms. The minimum atomic E-state index is -0.117. The highest BCUT2D eigenvalue weighted by molar-refractivity contribution is 6.00. The van der Waals surface area contributed by atoms with Gasteiger partial charge in [-0.15, -0.1) is 0 Å². The molecule has 2 amide bonds. The smallest absolute Gasteiger partial charge is 0.313 e. The Labute approximate surface area is 183 Å². The Kier molecular flexibility index (Phi) is 5.24. The number of carbonyl (C=O) groups is 1. The first kappa shape index (κ1) is 19.1. The zero-order chi connectivity index (χ0) is 21.0. The third-order valence-corrected chi connectivity index (χ3v) is 5.86. The molecule has 1 heterocycles. The van der Waals surface area contributed by atoms with Gasteiger partial charge in [-0.25, -0.2) is 4.79 Å². The fourth-order valence-corrected chi connectivity index (χ4v) is 4.42. The van der Waals surface area contributed by atoms with E-state index in [0.29, 0.717) is 6.54 Å². The number of urea groups is 1. The summed E-state index contributed by atoms with van der Waals surface area (Å²) in [5.41, 5.74) is 5.37. The third kappa shape index (κ3) is 3.71. The highest BCUT2D eigenvalue weighted by atomic mass is 16.2. The van der Waals surface area contributed by atoms with Crippen molar-refractivity contribution in [2.75, 3.05) is 11.4 Å². The normalized spacial score (nSPS) is 15.2. The molecule has 4 aromatic rings. The number of hydrogen-bond donors (Lipinski definition) is 0. The van der Waals surface area contributed by atoms with Crippen LogP contribution in [0.25, 0.3) is 0 Å². The second kappa shape index (κ2) is 8.49. The van der Waals surface area contributed by atoms with E-state index in [1.165, 1.54) is 11.1 Å². The maximum Gasteiger partial charge on any atom is 0.329 e. The summed E-state index contributed by atoms with van der Waals surface area (Å²) in [4.78, 5) is 18.0. The summed E-state index contributed by atoms with van der Waals surface area (Å²) in [7, 11) is 0. The van der Waals surface area contributed by atoms with Crippen molar-refractivity contribution in [2.45, 2.75) is 12.5 Å². The minimum absolute atomic E-state index is 0.0132. The van der Waals surface area contributed by atoms with Crippen LogP contribution in [0.2, 0.25) is 0 Å². The van der Waals surface area contributed by atoms with Crippen molar-refractivity contribution < 1.29 is 4.79 Å². The van der Waals surface area contributed by atoms with Crippen LogP contribution >= 0.6 is 0 Å². The molecular formula is C28H24N2O. The Morgan fingerprint density at radius 2 is 1.19 bits per heavy atom. The van der Waals surface area contributed by atoms with Crippen molar-refractivity contribution >= 4 is 17.4 Å². The van der Waals surface area contributed by atoms with Crippen LogP contribution in [0.1, 0.15) is 22.7 Å². The Balaban J connectivity index is 1.62. The summed E-state index contributed by atoms with van der Waals surface area (Å²) in [6.45, 7) is 0.672. The molecule has 0 aliphatic carbocycles. The van der Waals surface area contributed by atoms with Crippen LogP contribution in [-0.2, 0) is 6.42 Å². The largest absolute Gasteiger partial charge is 0.329 e. The van der Waals surface area contributed by atoms with Crippen molar-refractivity contribution in [1.82, 2.24) is 4.90 Å². The van der Waals surface area contributed by atoms with Gasteiger partial charge in [-0.2, -0.15) is 0 Å². The van der Waals surface area contributed by atoms with E-state index < -0.39 is 0 Å². The van der Waals surface area contributed by atoms with Crippen LogP contribution in [0.4, 0.5) is 16.2 Å². The van der Waals surface area contributed by atoms with Crippen molar-refractivity contribution in [1.29, 1.82) is 0 Å². The third-order valence-electron chi connectivity index (χ3n) is 5.86. The summed E-state index contributed by atoms with van der Waals surface area (Å²) in [5, 5.41) is 0. The molecule has 3 nitrogen and oxygen atoms in total. The van der Waals surface area contributed by atoms with Gasteiger partial charge in [0.05, 0.1) is 17.4 Å². The van der Waals surface area contributed by atoms with Gasteiger partial charge in [0.2, 0.25) is 0 Å². The molecule has 0 fully saturated rings. The van der Waals surface area contributed by atoms with E-state index in [-0.39, 0.29) is 12.1 Å². The fraction of sp³-hybridized carbons (Fsp3) is 0.107. The summed E-state index contributed by atoms with van der Waals surface area (Å²) in [6.07, 6.45) is 0.850. The molecular weight excluding hydrogens is 380 g/mol. The highest BCUT2D eigenvalue weighted by Gasteiger charge is 2.35. The molecule has 0 unspecified atom stereocenters. The second-order valence-electron chi connectivity index (χ2n) is 7.74. The number of nitrogens with zero attached hydrogens (tertiary/aromatic N) is 2. The van der Waals surface area contributed by atoms with Crippen LogP contribution in [0.5, 0.6) is 0 Å². The lowest BCUT2D eigenvalue weighted by Gasteiger charge is -2.40. The molecule has 0 saturated carbocycles. The average Bonchev–Trinajstić information content (AvgIpc) is 2.85. The van der Waals surface area contributed by atoms with Gasteiger partial charge in [-0.05, 0) is 47.4 Å². The van der Waals surface area contributed by atoms with Gasteiger partial charge in [-0.3, -0.25) is 4.90 Å². The monoisotopic (exact) mass is 404 g/mol. The predicted molar refractivity (Wildman–Crippen MR) is 126 cm³/mol. The number of carbonyl (C=O) groups excluding carboxylic acids is 1. The quantitative estimate of drug-likeness (QED) is 0.378. The first-order valence-corrected chi connectivity index (χ1v) is 10.7. The van der Waals surface area contributed by atoms with Crippen molar-refractivity contribution in [2.24, 2.45) is 0 Å². The standard InChI is InChI=1S/C28H24N2O/c31-28(30(24-15-6-2-7-16-24)25-17-8-3-9-18-25)29-21-20-22-12-10-11-19-26(22)27(29)23-13-4-1-5-14-23/h1-19,27H,20-21H2/t27-/m0/s1. The molecule has 5 rings (SSSR count). The Bertz CT molecular complexity index is 1120. The van der Waals surface area contributed by atoms with E-state index >= 15 is 0 Å². The van der Waals surface area contributed by atoms with Crippen molar-refractivity contribution in [3.05, 3.63) is 132 Å². The zero-order valence-electron chi connectivity index (χ0n) is 17.3. The molecule has 0 saturated heterocycles. The van der Waals surface area contributed by atoms with Crippen LogP contribution < -0.4 is 4.90 Å². The molecule has 152 valence electrons. The number of para-hydroxylation sites is 2. The number of fused-ring (bicyclic) bond motifs is 1. The molecule has 1 atom stereocenters. The minimum Gasteiger partial charge on any atom is -0.313 e. The van der Waals surface area contributed by atoms with Crippen molar-refractivity contribution in [3.8, 4) is 0 Å². The number of amides is 2. The maximum atomic E-state index is 14.1. The average molecular weight is 405 g/mol. The molecule has 0 bridgehead atoms. The first-order chi connectivity index (χ1) is 15.3. The number of hydrogen-bond acceptors (Lipinski definition) is 1. The van der Waals surface area contributed by atoms with Gasteiger partial charge < -0.3 is 4.90 Å². The van der Waals surface area contributed by atoms with E-state index in [2.05, 4.69) is 36.4 Å². The Morgan fingerprint density at radius 1 is 0.677 bits per heavy atom. The summed E-state index contributed by atoms with van der Waals surface area (Å²) in [6, 6.07) is 38.5. The molecule has 0 aromatic heterocycles. The molecule has 1 aliphatic heterocycles. The summed E-state index contributed by atoms with van der Waals surface area (Å²) >= 11 is 0. The SMILES string of the molecule is O=C(N(c1ccccc1)c1ccccc1)N1CCc2ccccc2[C@@H]1c1ccccc1. The maximum absolute atomic E-state index is 14.1. The van der Waals surface area contributed by atoms with Gasteiger partial charge in [0.15, 0.2) is 0 Å². The molecule has 1 aliphatic rings. The van der Waals surface area contributed by atoms with Crippen LogP contribution in [0.15, 0.2) is 115 Å². The number of anilines is 2. The molecule has 0 N–H and O–H groups in total. The van der Waals surface area contributed by atoms with Crippen molar-refractivity contribution in [3.63, 3.8) is 0 Å². The number of rotatable bonds is 3. The predicted octanol–water partition coefficient (Wildman–Crippen LogP) is 6.59. The molecule has 3 heteroatoms. The van der Waals surface area contributed by atoms with Gasteiger partial charge in [-0.1, -0.05) is 91.0 Å². The highest BCUT2D eigenvalue weighted by Crippen LogP contribution is 2.37. The van der Waals surface area contributed by atoms with Gasteiger partial charge in [0, 0.05) is 6.54 Å². The zero-order valence-corrected chi connectivity index (χ0v) is 17.3. The topological polar surface area (TPSA) is 23.6 Å². The Hall–Kier alpha value is -3.85. The van der Waals surface area contributed by atoms with E-state index in [9.17, 15) is 4.79 Å². The van der Waals surface area contributed by atoms with Crippen LogP contribution in [-0.4, -0.2) is 17.5 Å². The lowest BCUT2D eigenvalue weighted by atomic mass is 9.88. The molecule has 31 heavy (non-hydrogen) atoms. The van der Waals surface area contributed by atoms with Crippen LogP contribution in [0.3, 0.4) is 0 Å². The van der Waals surface area contributed by atoms with E-state index in [1.54, 1.807) is 0 Å². The Morgan fingerprint density at radius 3 is 1.81 bits per heavy atom. The summed E-state index contributed by atoms with van der Waals surface area (Å²) < 4.78 is 0. The second-order valence-corrected chi connectivity index (χ2v) is 7.74. The van der Waals surface area contributed by atoms with E-state index in [1.807, 2.05) is 88.7 Å². The lowest BCUT2D eigenvalue weighted by molar-refractivity contribution is 0.189. The van der Waals surface area contributed by atoms with Gasteiger partial charge >= 0.3 is 6.03 Å². The summed E-state index contributed by atoms with van der Waals surface area (Å²) in [5.74, 6) is 0. The van der Waals surface area contributed by atoms with Gasteiger partial charge in [0.25, 0.3) is 0 Å². The van der Waals surface area contributed by atoms with E-state index in [0.717, 1.165) is 23.4 Å². The van der Waals surface area contributed by atoms with Gasteiger partial charge in [0.1, 0.15) is 0 Å².